The molecule has 0 atom stereocenters. The lowest BCUT2D eigenvalue weighted by molar-refractivity contribution is 0.481. The summed E-state index contributed by atoms with van der Waals surface area (Å²) < 4.78 is 0. The second kappa shape index (κ2) is 4.65. The van der Waals surface area contributed by atoms with Crippen molar-refractivity contribution in [3.8, 4) is 5.75 Å². The third kappa shape index (κ3) is 2.25. The summed E-state index contributed by atoms with van der Waals surface area (Å²) in [4.78, 5) is 0. The Kier molecular flexibility index (Phi) is 2.84. The van der Waals surface area contributed by atoms with Gasteiger partial charge in [-0.15, -0.1) is 0 Å². The van der Waals surface area contributed by atoms with Crippen molar-refractivity contribution in [3.05, 3.63) is 66.2 Å². The number of aromatic hydroxyl groups is 1. The molecule has 2 N–H and O–H groups in total. The summed E-state index contributed by atoms with van der Waals surface area (Å²) in [6.07, 6.45) is 0. The van der Waals surface area contributed by atoms with Crippen LogP contribution in [0.15, 0.2) is 60.7 Å². The summed E-state index contributed by atoms with van der Waals surface area (Å²) in [6.45, 7) is 2.07. The van der Waals surface area contributed by atoms with Gasteiger partial charge in [0.2, 0.25) is 0 Å². The number of phenols is 1. The van der Waals surface area contributed by atoms with E-state index in [1.165, 1.54) is 5.56 Å². The predicted octanol–water partition coefficient (Wildman–Crippen LogP) is 4.60. The molecule has 0 aromatic heterocycles. The third-order valence-corrected chi connectivity index (χ3v) is 3.28. The topological polar surface area (TPSA) is 32.3 Å². The van der Waals surface area contributed by atoms with E-state index in [2.05, 4.69) is 18.3 Å². The Morgan fingerprint density at radius 1 is 0.895 bits per heavy atom. The van der Waals surface area contributed by atoms with Crippen molar-refractivity contribution in [2.75, 3.05) is 5.32 Å². The van der Waals surface area contributed by atoms with Crippen molar-refractivity contribution in [2.24, 2.45) is 0 Å². The van der Waals surface area contributed by atoms with Gasteiger partial charge in [0.05, 0.1) is 0 Å². The number of anilines is 2. The van der Waals surface area contributed by atoms with Gasteiger partial charge >= 0.3 is 0 Å². The lowest BCUT2D eigenvalue weighted by Gasteiger charge is -2.10. The zero-order chi connectivity index (χ0) is 13.2. The molecule has 0 fully saturated rings. The summed E-state index contributed by atoms with van der Waals surface area (Å²) in [5.74, 6) is 0.311. The third-order valence-electron chi connectivity index (χ3n) is 3.28. The van der Waals surface area contributed by atoms with Crippen molar-refractivity contribution >= 4 is 22.1 Å². The van der Waals surface area contributed by atoms with E-state index in [1.807, 2.05) is 48.5 Å². The van der Waals surface area contributed by atoms with E-state index in [-0.39, 0.29) is 0 Å². The lowest BCUT2D eigenvalue weighted by atomic mass is 10.1. The first-order valence-corrected chi connectivity index (χ1v) is 6.28. The first-order chi connectivity index (χ1) is 9.24. The molecule has 0 spiro atoms. The standard InChI is InChI=1S/C17H15NO/c1-12-5-2-3-7-16(12)18-14-10-9-13-6-4-8-17(19)15(13)11-14/h2-11,18-19H,1H3. The molecule has 3 aromatic carbocycles. The SMILES string of the molecule is Cc1ccccc1Nc1ccc2cccc(O)c2c1. The van der Waals surface area contributed by atoms with Crippen LogP contribution in [0.25, 0.3) is 10.8 Å². The minimum Gasteiger partial charge on any atom is -0.507 e. The van der Waals surface area contributed by atoms with Crippen LogP contribution in [0.4, 0.5) is 11.4 Å². The van der Waals surface area contributed by atoms with Crippen molar-refractivity contribution in [1.29, 1.82) is 0 Å². The molecule has 0 aliphatic carbocycles. The van der Waals surface area contributed by atoms with E-state index in [0.717, 1.165) is 22.1 Å². The molecule has 0 bridgehead atoms. The summed E-state index contributed by atoms with van der Waals surface area (Å²) in [6, 6.07) is 19.7. The second-order valence-electron chi connectivity index (χ2n) is 4.65. The van der Waals surface area contributed by atoms with E-state index in [4.69, 9.17) is 0 Å². The molecule has 19 heavy (non-hydrogen) atoms. The molecule has 0 aliphatic rings. The van der Waals surface area contributed by atoms with Crippen molar-refractivity contribution in [1.82, 2.24) is 0 Å². The number of hydrogen-bond acceptors (Lipinski definition) is 2. The van der Waals surface area contributed by atoms with Gasteiger partial charge in [0.1, 0.15) is 5.75 Å². The Hall–Kier alpha value is -2.48. The summed E-state index contributed by atoms with van der Waals surface area (Å²) >= 11 is 0. The van der Waals surface area contributed by atoms with Crippen LogP contribution in [0.3, 0.4) is 0 Å². The normalized spacial score (nSPS) is 10.6. The first-order valence-electron chi connectivity index (χ1n) is 6.28. The fourth-order valence-corrected chi connectivity index (χ4v) is 2.20. The number of hydrogen-bond donors (Lipinski definition) is 2. The van der Waals surface area contributed by atoms with Crippen LogP contribution in [0.1, 0.15) is 5.56 Å². The number of para-hydroxylation sites is 1. The Morgan fingerprint density at radius 3 is 2.58 bits per heavy atom. The lowest BCUT2D eigenvalue weighted by Crippen LogP contribution is -1.92. The minimum absolute atomic E-state index is 0.311. The average molecular weight is 249 g/mol. The highest BCUT2D eigenvalue weighted by Crippen LogP contribution is 2.29. The molecule has 0 amide bonds. The van der Waals surface area contributed by atoms with Gasteiger partial charge in [-0.3, -0.25) is 0 Å². The van der Waals surface area contributed by atoms with Crippen LogP contribution in [0.5, 0.6) is 5.75 Å². The number of benzene rings is 3. The second-order valence-corrected chi connectivity index (χ2v) is 4.65. The van der Waals surface area contributed by atoms with E-state index in [0.29, 0.717) is 5.75 Å². The quantitative estimate of drug-likeness (QED) is 0.695. The van der Waals surface area contributed by atoms with Crippen LogP contribution in [0, 0.1) is 6.92 Å². The van der Waals surface area contributed by atoms with Crippen molar-refractivity contribution < 1.29 is 5.11 Å². The highest BCUT2D eigenvalue weighted by Gasteiger charge is 2.02. The fourth-order valence-electron chi connectivity index (χ4n) is 2.20. The van der Waals surface area contributed by atoms with Gasteiger partial charge in [0.15, 0.2) is 0 Å². The van der Waals surface area contributed by atoms with Gasteiger partial charge < -0.3 is 10.4 Å². The number of aryl methyl sites for hydroxylation is 1. The van der Waals surface area contributed by atoms with E-state index >= 15 is 0 Å². The zero-order valence-corrected chi connectivity index (χ0v) is 10.7. The fraction of sp³-hybridized carbons (Fsp3) is 0.0588. The van der Waals surface area contributed by atoms with E-state index in [1.54, 1.807) is 6.07 Å². The highest BCUT2D eigenvalue weighted by molar-refractivity contribution is 5.91. The molecule has 0 saturated heterocycles. The highest BCUT2D eigenvalue weighted by atomic mass is 16.3. The molecule has 3 rings (SSSR count). The maximum absolute atomic E-state index is 9.89. The molecule has 2 heteroatoms. The molecule has 2 nitrogen and oxygen atoms in total. The van der Waals surface area contributed by atoms with Crippen LogP contribution in [-0.4, -0.2) is 5.11 Å². The van der Waals surface area contributed by atoms with E-state index < -0.39 is 0 Å². The van der Waals surface area contributed by atoms with Crippen molar-refractivity contribution in [3.63, 3.8) is 0 Å². The molecular weight excluding hydrogens is 234 g/mol. The maximum Gasteiger partial charge on any atom is 0.123 e. The summed E-state index contributed by atoms with van der Waals surface area (Å²) in [5.41, 5.74) is 3.25. The monoisotopic (exact) mass is 249 g/mol. The Labute approximate surface area is 112 Å². The smallest absolute Gasteiger partial charge is 0.123 e. The molecule has 0 saturated carbocycles. The van der Waals surface area contributed by atoms with Crippen LogP contribution >= 0.6 is 0 Å². The van der Waals surface area contributed by atoms with Gasteiger partial charge in [-0.2, -0.15) is 0 Å². The van der Waals surface area contributed by atoms with Gasteiger partial charge in [-0.25, -0.2) is 0 Å². The molecule has 0 heterocycles. The van der Waals surface area contributed by atoms with Gasteiger partial charge in [-0.1, -0.05) is 36.4 Å². The van der Waals surface area contributed by atoms with Gasteiger partial charge in [0.25, 0.3) is 0 Å². The Balaban J connectivity index is 2.02. The average Bonchev–Trinajstić information content (AvgIpc) is 2.42. The maximum atomic E-state index is 9.89. The molecule has 0 aliphatic heterocycles. The zero-order valence-electron chi connectivity index (χ0n) is 10.7. The molecule has 0 radical (unpaired) electrons. The Morgan fingerprint density at radius 2 is 1.74 bits per heavy atom. The summed E-state index contributed by atoms with van der Waals surface area (Å²) in [5, 5.41) is 15.2. The number of fused-ring (bicyclic) bond motifs is 1. The van der Waals surface area contributed by atoms with Gasteiger partial charge in [-0.05, 0) is 42.1 Å². The number of rotatable bonds is 2. The molecular formula is C17H15NO. The van der Waals surface area contributed by atoms with Gasteiger partial charge in [0, 0.05) is 16.8 Å². The van der Waals surface area contributed by atoms with Crippen LogP contribution < -0.4 is 5.32 Å². The molecule has 94 valence electrons. The number of phenolic OH excluding ortho intramolecular Hbond substituents is 1. The largest absolute Gasteiger partial charge is 0.507 e. The minimum atomic E-state index is 0.311. The predicted molar refractivity (Wildman–Crippen MR) is 80.1 cm³/mol. The number of nitrogens with one attached hydrogen (secondary N) is 1. The first kappa shape index (κ1) is 11.6. The summed E-state index contributed by atoms with van der Waals surface area (Å²) in [7, 11) is 0. The molecule has 3 aromatic rings. The van der Waals surface area contributed by atoms with Crippen LogP contribution in [-0.2, 0) is 0 Å². The van der Waals surface area contributed by atoms with Crippen LogP contribution in [0.2, 0.25) is 0 Å². The Bertz CT molecular complexity index is 734. The molecule has 0 unspecified atom stereocenters. The van der Waals surface area contributed by atoms with Crippen molar-refractivity contribution in [2.45, 2.75) is 6.92 Å². The van der Waals surface area contributed by atoms with E-state index in [9.17, 15) is 5.11 Å².